The van der Waals surface area contributed by atoms with Gasteiger partial charge in [-0.25, -0.2) is 4.98 Å². The van der Waals surface area contributed by atoms with Crippen LogP contribution in [-0.2, 0) is 11.2 Å². The quantitative estimate of drug-likeness (QED) is 0.205. The molecule has 0 radical (unpaired) electrons. The van der Waals surface area contributed by atoms with Crippen LogP contribution >= 0.6 is 22.9 Å². The monoisotopic (exact) mass is 537 g/mol. The largest absolute Gasteiger partial charge is 0.488 e. The molecule has 0 atom stereocenters. The first-order valence-electron chi connectivity index (χ1n) is 12.1. The first-order chi connectivity index (χ1) is 18.6. The van der Waals surface area contributed by atoms with Crippen molar-refractivity contribution in [3.63, 3.8) is 0 Å². The van der Waals surface area contributed by atoms with Crippen molar-refractivity contribution in [3.8, 4) is 27.4 Å². The number of carboxylic acid groups (broad SMARTS) is 1. The molecule has 5 rings (SSSR count). The van der Waals surface area contributed by atoms with Gasteiger partial charge in [0.15, 0.2) is 0 Å². The molecule has 1 aromatic heterocycles. The fourth-order valence-corrected chi connectivity index (χ4v) is 5.35. The average molecular weight is 538 g/mol. The molecule has 0 aliphatic rings. The van der Waals surface area contributed by atoms with Crippen LogP contribution < -0.4 is 4.74 Å². The Morgan fingerprint density at radius 1 is 0.868 bits per heavy atom. The summed E-state index contributed by atoms with van der Waals surface area (Å²) >= 11 is 7.99. The van der Waals surface area contributed by atoms with Gasteiger partial charge < -0.3 is 9.84 Å². The second-order valence-corrected chi connectivity index (χ2v) is 10.0. The first-order valence-corrected chi connectivity index (χ1v) is 13.3. The van der Waals surface area contributed by atoms with E-state index in [9.17, 15) is 4.79 Å². The number of hydrogen-bond donors (Lipinski definition) is 1. The fourth-order valence-electron chi connectivity index (χ4n) is 4.11. The third kappa shape index (κ3) is 6.20. The van der Waals surface area contributed by atoms with Crippen LogP contribution in [-0.4, -0.2) is 22.7 Å². The molecular formula is C32H24ClNO3S. The van der Waals surface area contributed by atoms with Crippen molar-refractivity contribution in [2.75, 3.05) is 6.61 Å². The second-order valence-electron chi connectivity index (χ2n) is 8.60. The molecule has 0 aliphatic carbocycles. The number of halogens is 1. The van der Waals surface area contributed by atoms with Gasteiger partial charge in [0.1, 0.15) is 17.4 Å². The molecule has 1 heterocycles. The molecule has 0 spiro atoms. The number of carboxylic acids is 1. The molecule has 0 aliphatic heterocycles. The number of ether oxygens (including phenoxy) is 1. The van der Waals surface area contributed by atoms with Gasteiger partial charge in [0.05, 0.1) is 16.3 Å². The van der Waals surface area contributed by atoms with E-state index in [1.165, 1.54) is 0 Å². The lowest BCUT2D eigenvalue weighted by Crippen LogP contribution is -2.01. The molecule has 0 saturated carbocycles. The molecule has 0 bridgehead atoms. The molecule has 6 heteroatoms. The van der Waals surface area contributed by atoms with Gasteiger partial charge in [-0.15, -0.1) is 11.3 Å². The molecule has 38 heavy (non-hydrogen) atoms. The number of aliphatic carboxylic acids is 1. The van der Waals surface area contributed by atoms with E-state index in [2.05, 4.69) is 53.5 Å². The SMILES string of the molecule is O=C(O)Cc1ccc(OC/C=C(/c2ccc(-c3ccccc3)cc2)c2cnc(-c3ccccc3)s2)c(Cl)c1. The number of nitrogens with zero attached hydrogens (tertiary/aromatic N) is 1. The van der Waals surface area contributed by atoms with E-state index in [1.807, 2.05) is 48.7 Å². The molecule has 5 aromatic rings. The van der Waals surface area contributed by atoms with Crippen LogP contribution in [0.4, 0.5) is 0 Å². The summed E-state index contributed by atoms with van der Waals surface area (Å²) in [4.78, 5) is 16.7. The number of aromatic nitrogens is 1. The van der Waals surface area contributed by atoms with Gasteiger partial charge in [0.2, 0.25) is 0 Å². The zero-order valence-corrected chi connectivity index (χ0v) is 22.0. The highest BCUT2D eigenvalue weighted by Crippen LogP contribution is 2.34. The summed E-state index contributed by atoms with van der Waals surface area (Å²) in [5.41, 5.74) is 6.09. The summed E-state index contributed by atoms with van der Waals surface area (Å²) in [7, 11) is 0. The molecule has 188 valence electrons. The highest BCUT2D eigenvalue weighted by Gasteiger charge is 2.12. The van der Waals surface area contributed by atoms with Gasteiger partial charge >= 0.3 is 5.97 Å². The number of benzene rings is 4. The van der Waals surface area contributed by atoms with Gasteiger partial charge in [-0.1, -0.05) is 103 Å². The normalized spacial score (nSPS) is 11.3. The van der Waals surface area contributed by atoms with Crippen LogP contribution in [0.25, 0.3) is 27.3 Å². The van der Waals surface area contributed by atoms with Crippen molar-refractivity contribution in [2.24, 2.45) is 0 Å². The van der Waals surface area contributed by atoms with E-state index in [0.29, 0.717) is 16.3 Å². The molecule has 1 N–H and O–H groups in total. The predicted octanol–water partition coefficient (Wildman–Crippen LogP) is 8.27. The van der Waals surface area contributed by atoms with Gasteiger partial charge in [-0.2, -0.15) is 0 Å². The second kappa shape index (κ2) is 11.9. The highest BCUT2D eigenvalue weighted by atomic mass is 35.5. The van der Waals surface area contributed by atoms with E-state index in [0.717, 1.165) is 37.7 Å². The van der Waals surface area contributed by atoms with Crippen LogP contribution in [0.3, 0.4) is 0 Å². The maximum atomic E-state index is 11.0. The van der Waals surface area contributed by atoms with Crippen LogP contribution in [0, 0.1) is 0 Å². The van der Waals surface area contributed by atoms with Crippen molar-refractivity contribution >= 4 is 34.5 Å². The lowest BCUT2D eigenvalue weighted by atomic mass is 9.99. The Morgan fingerprint density at radius 2 is 1.53 bits per heavy atom. The third-order valence-corrected chi connectivity index (χ3v) is 7.35. The number of carbonyl (C=O) groups is 1. The Hall–Kier alpha value is -4.19. The standard InChI is InChI=1S/C32H24ClNO3S/c33-28-19-22(20-31(35)36)11-16-29(28)37-18-17-27(30-21-34-32(38-30)26-9-5-2-6-10-26)25-14-12-24(13-15-25)23-7-3-1-4-8-23/h1-17,19,21H,18,20H2,(H,35,36)/b27-17-. The molecule has 4 nitrogen and oxygen atoms in total. The predicted molar refractivity (Wildman–Crippen MR) is 155 cm³/mol. The number of rotatable bonds is 9. The minimum atomic E-state index is -0.903. The Balaban J connectivity index is 1.43. The first kappa shape index (κ1) is 25.5. The molecule has 0 unspecified atom stereocenters. The summed E-state index contributed by atoms with van der Waals surface area (Å²) in [5.74, 6) is -0.398. The van der Waals surface area contributed by atoms with Crippen molar-refractivity contribution in [1.82, 2.24) is 4.98 Å². The zero-order valence-electron chi connectivity index (χ0n) is 20.4. The maximum Gasteiger partial charge on any atom is 0.307 e. The molecular weight excluding hydrogens is 514 g/mol. The van der Waals surface area contributed by atoms with E-state index < -0.39 is 5.97 Å². The summed E-state index contributed by atoms with van der Waals surface area (Å²) in [6.07, 6.45) is 3.84. The van der Waals surface area contributed by atoms with Crippen LogP contribution in [0.5, 0.6) is 5.75 Å². The summed E-state index contributed by atoms with van der Waals surface area (Å²) in [6, 6.07) is 33.9. The van der Waals surface area contributed by atoms with Gasteiger partial charge in [-0.3, -0.25) is 4.79 Å². The zero-order chi connectivity index (χ0) is 26.3. The minimum Gasteiger partial charge on any atom is -0.488 e. The van der Waals surface area contributed by atoms with Crippen molar-refractivity contribution in [3.05, 3.63) is 136 Å². The van der Waals surface area contributed by atoms with Gasteiger partial charge in [-0.05, 0) is 46.0 Å². The topological polar surface area (TPSA) is 59.4 Å². The lowest BCUT2D eigenvalue weighted by molar-refractivity contribution is -0.136. The Bertz CT molecular complexity index is 1560. The Kier molecular flexibility index (Phi) is 7.98. The van der Waals surface area contributed by atoms with Gasteiger partial charge in [0.25, 0.3) is 0 Å². The molecule has 0 amide bonds. The molecule has 4 aromatic carbocycles. The average Bonchev–Trinajstić information content (AvgIpc) is 3.43. The minimum absolute atomic E-state index is 0.0852. The Labute approximate surface area is 230 Å². The van der Waals surface area contributed by atoms with Crippen molar-refractivity contribution < 1.29 is 14.6 Å². The highest BCUT2D eigenvalue weighted by molar-refractivity contribution is 7.16. The summed E-state index contributed by atoms with van der Waals surface area (Å²) in [5, 5.41) is 10.3. The molecule has 0 fully saturated rings. The van der Waals surface area contributed by atoms with E-state index in [4.69, 9.17) is 21.4 Å². The van der Waals surface area contributed by atoms with E-state index >= 15 is 0 Å². The van der Waals surface area contributed by atoms with E-state index in [-0.39, 0.29) is 13.0 Å². The smallest absolute Gasteiger partial charge is 0.307 e. The van der Waals surface area contributed by atoms with E-state index in [1.54, 1.807) is 29.5 Å². The van der Waals surface area contributed by atoms with Crippen molar-refractivity contribution in [1.29, 1.82) is 0 Å². The van der Waals surface area contributed by atoms with Crippen LogP contribution in [0.15, 0.2) is 115 Å². The van der Waals surface area contributed by atoms with Crippen LogP contribution in [0.1, 0.15) is 16.0 Å². The lowest BCUT2D eigenvalue weighted by Gasteiger charge is -2.10. The van der Waals surface area contributed by atoms with Crippen LogP contribution in [0.2, 0.25) is 5.02 Å². The third-order valence-electron chi connectivity index (χ3n) is 5.97. The molecule has 0 saturated heterocycles. The maximum absolute atomic E-state index is 11.0. The number of thiazole rings is 1. The van der Waals surface area contributed by atoms with Gasteiger partial charge in [0, 0.05) is 11.8 Å². The number of hydrogen-bond acceptors (Lipinski definition) is 4. The van der Waals surface area contributed by atoms with Crippen molar-refractivity contribution in [2.45, 2.75) is 6.42 Å². The Morgan fingerprint density at radius 3 is 2.18 bits per heavy atom. The fraction of sp³-hybridized carbons (Fsp3) is 0.0625. The summed E-state index contributed by atoms with van der Waals surface area (Å²) in [6.45, 7) is 0.284. The summed E-state index contributed by atoms with van der Waals surface area (Å²) < 4.78 is 5.98.